The summed E-state index contributed by atoms with van der Waals surface area (Å²) in [5.41, 5.74) is 7.17. The van der Waals surface area contributed by atoms with Crippen LogP contribution in [0.5, 0.6) is 0 Å². The van der Waals surface area contributed by atoms with E-state index in [1.807, 2.05) is 11.9 Å². The molecular formula is C15H23FN4O. The number of halogens is 1. The highest BCUT2D eigenvalue weighted by Crippen LogP contribution is 2.19. The molecule has 0 unspecified atom stereocenters. The zero-order valence-electron chi connectivity index (χ0n) is 12.4. The van der Waals surface area contributed by atoms with E-state index in [2.05, 4.69) is 9.55 Å². The molecule has 0 saturated heterocycles. The molecule has 2 rings (SSSR count). The highest BCUT2D eigenvalue weighted by atomic mass is 19.1. The van der Waals surface area contributed by atoms with Crippen molar-refractivity contribution in [3.05, 3.63) is 29.8 Å². The number of hydrogen-bond acceptors (Lipinski definition) is 4. The quantitative estimate of drug-likeness (QED) is 0.721. The van der Waals surface area contributed by atoms with Crippen molar-refractivity contribution in [1.82, 2.24) is 14.5 Å². The van der Waals surface area contributed by atoms with Gasteiger partial charge in [-0.05, 0) is 38.6 Å². The summed E-state index contributed by atoms with van der Waals surface area (Å²) in [6, 6.07) is 4.70. The van der Waals surface area contributed by atoms with Crippen LogP contribution in [-0.4, -0.2) is 46.3 Å². The molecule has 1 heterocycles. The Bertz CT molecular complexity index is 584. The Hall–Kier alpha value is -1.50. The third-order valence-corrected chi connectivity index (χ3v) is 3.52. The van der Waals surface area contributed by atoms with Gasteiger partial charge in [0.1, 0.15) is 11.6 Å². The summed E-state index contributed by atoms with van der Waals surface area (Å²) in [5.74, 6) is 0.618. The van der Waals surface area contributed by atoms with Crippen LogP contribution in [0.15, 0.2) is 18.2 Å². The molecule has 0 fully saturated rings. The molecule has 116 valence electrons. The largest absolute Gasteiger partial charge is 0.395 e. The fraction of sp³-hybridized carbons (Fsp3) is 0.533. The Morgan fingerprint density at radius 2 is 2.19 bits per heavy atom. The lowest BCUT2D eigenvalue weighted by Crippen LogP contribution is -2.23. The first-order valence-electron chi connectivity index (χ1n) is 7.30. The molecule has 1 aromatic heterocycles. The van der Waals surface area contributed by atoms with Crippen LogP contribution in [0.3, 0.4) is 0 Å². The first-order chi connectivity index (χ1) is 10.2. The van der Waals surface area contributed by atoms with Crippen LogP contribution in [0.4, 0.5) is 4.39 Å². The Morgan fingerprint density at radius 1 is 1.38 bits per heavy atom. The first-order valence-corrected chi connectivity index (χ1v) is 7.30. The topological polar surface area (TPSA) is 67.3 Å². The van der Waals surface area contributed by atoms with Gasteiger partial charge in [-0.3, -0.25) is 4.90 Å². The van der Waals surface area contributed by atoms with Crippen LogP contribution in [0.25, 0.3) is 11.0 Å². The van der Waals surface area contributed by atoms with Crippen LogP contribution < -0.4 is 5.73 Å². The summed E-state index contributed by atoms with van der Waals surface area (Å²) < 4.78 is 15.5. The molecule has 2 aromatic rings. The van der Waals surface area contributed by atoms with Crippen molar-refractivity contribution < 1.29 is 9.50 Å². The van der Waals surface area contributed by atoms with E-state index in [-0.39, 0.29) is 12.4 Å². The number of imidazole rings is 1. The van der Waals surface area contributed by atoms with Crippen molar-refractivity contribution in [2.24, 2.45) is 5.73 Å². The lowest BCUT2D eigenvalue weighted by Gasteiger charge is -2.16. The van der Waals surface area contributed by atoms with E-state index in [1.54, 1.807) is 6.07 Å². The first kappa shape index (κ1) is 15.9. The van der Waals surface area contributed by atoms with Crippen molar-refractivity contribution in [3.63, 3.8) is 0 Å². The van der Waals surface area contributed by atoms with Crippen LogP contribution in [0, 0.1) is 5.82 Å². The van der Waals surface area contributed by atoms with Gasteiger partial charge in [0, 0.05) is 19.2 Å². The number of nitrogens with two attached hydrogens (primary N) is 1. The number of rotatable bonds is 8. The summed E-state index contributed by atoms with van der Waals surface area (Å²) in [4.78, 5) is 6.54. The molecule has 1 aromatic carbocycles. The van der Waals surface area contributed by atoms with Gasteiger partial charge in [-0.25, -0.2) is 9.37 Å². The maximum atomic E-state index is 13.4. The summed E-state index contributed by atoms with van der Waals surface area (Å²) in [6.45, 7) is 2.81. The lowest BCUT2D eigenvalue weighted by molar-refractivity contribution is 0.213. The minimum atomic E-state index is -0.274. The second-order valence-corrected chi connectivity index (χ2v) is 5.27. The van der Waals surface area contributed by atoms with Crippen molar-refractivity contribution in [3.8, 4) is 0 Å². The number of likely N-dealkylation sites (N-methyl/N-ethyl adjacent to an activating group) is 1. The van der Waals surface area contributed by atoms with E-state index in [1.165, 1.54) is 12.1 Å². The van der Waals surface area contributed by atoms with Gasteiger partial charge in [0.25, 0.3) is 0 Å². The number of hydrogen-bond donors (Lipinski definition) is 2. The van der Waals surface area contributed by atoms with Crippen LogP contribution >= 0.6 is 0 Å². The number of benzene rings is 1. The molecule has 0 aliphatic rings. The Balaban J connectivity index is 2.29. The van der Waals surface area contributed by atoms with E-state index in [4.69, 9.17) is 10.8 Å². The number of aliphatic hydroxyl groups excluding tert-OH is 1. The predicted octanol–water partition coefficient (Wildman–Crippen LogP) is 1.34. The zero-order chi connectivity index (χ0) is 15.2. The van der Waals surface area contributed by atoms with E-state index >= 15 is 0 Å². The summed E-state index contributed by atoms with van der Waals surface area (Å²) >= 11 is 0. The molecule has 0 saturated carbocycles. The van der Waals surface area contributed by atoms with Crippen molar-refractivity contribution >= 4 is 11.0 Å². The lowest BCUT2D eigenvalue weighted by atomic mass is 10.2. The summed E-state index contributed by atoms with van der Waals surface area (Å²) in [6.07, 6.45) is 1.92. The van der Waals surface area contributed by atoms with Gasteiger partial charge in [0.15, 0.2) is 0 Å². The molecule has 0 amide bonds. The molecule has 3 N–H and O–H groups in total. The third-order valence-electron chi connectivity index (χ3n) is 3.52. The van der Waals surface area contributed by atoms with Crippen LogP contribution in [0.2, 0.25) is 0 Å². The smallest absolute Gasteiger partial charge is 0.125 e. The van der Waals surface area contributed by atoms with Gasteiger partial charge < -0.3 is 15.4 Å². The fourth-order valence-electron chi connectivity index (χ4n) is 2.43. The van der Waals surface area contributed by atoms with Crippen molar-refractivity contribution in [2.45, 2.75) is 25.9 Å². The second kappa shape index (κ2) is 7.49. The van der Waals surface area contributed by atoms with E-state index in [0.717, 1.165) is 30.7 Å². The molecule has 0 aliphatic heterocycles. The third kappa shape index (κ3) is 4.00. The van der Waals surface area contributed by atoms with Crippen LogP contribution in [-0.2, 0) is 13.1 Å². The average molecular weight is 294 g/mol. The minimum Gasteiger partial charge on any atom is -0.395 e. The fourth-order valence-corrected chi connectivity index (χ4v) is 2.43. The van der Waals surface area contributed by atoms with E-state index in [9.17, 15) is 4.39 Å². The standard InChI is InChI=1S/C15H23FN4O/c1-19(8-9-21)11-15-18-13-10-12(16)4-5-14(13)20(15)7-3-2-6-17/h4-5,10,21H,2-3,6-9,11,17H2,1H3. The Morgan fingerprint density at radius 3 is 2.90 bits per heavy atom. The number of fused-ring (bicyclic) bond motifs is 1. The molecule has 0 spiro atoms. The van der Waals surface area contributed by atoms with Gasteiger partial charge in [-0.1, -0.05) is 0 Å². The SMILES string of the molecule is CN(CCO)Cc1nc2cc(F)ccc2n1CCCCN. The molecule has 0 atom stereocenters. The average Bonchev–Trinajstić information content (AvgIpc) is 2.76. The number of aliphatic hydroxyl groups is 1. The van der Waals surface area contributed by atoms with E-state index in [0.29, 0.717) is 25.2 Å². The summed E-state index contributed by atoms with van der Waals surface area (Å²) in [5, 5.41) is 9.00. The highest BCUT2D eigenvalue weighted by Gasteiger charge is 2.12. The maximum absolute atomic E-state index is 13.4. The highest BCUT2D eigenvalue weighted by molar-refractivity contribution is 5.76. The predicted molar refractivity (Wildman–Crippen MR) is 81.4 cm³/mol. The van der Waals surface area contributed by atoms with Crippen LogP contribution in [0.1, 0.15) is 18.7 Å². The maximum Gasteiger partial charge on any atom is 0.125 e. The van der Waals surface area contributed by atoms with Crippen molar-refractivity contribution in [2.75, 3.05) is 26.7 Å². The monoisotopic (exact) mass is 294 g/mol. The Kier molecular flexibility index (Phi) is 5.67. The van der Waals surface area contributed by atoms with Gasteiger partial charge >= 0.3 is 0 Å². The molecule has 0 radical (unpaired) electrons. The second-order valence-electron chi connectivity index (χ2n) is 5.27. The van der Waals surface area contributed by atoms with E-state index < -0.39 is 0 Å². The Labute approximate surface area is 124 Å². The molecular weight excluding hydrogens is 271 g/mol. The number of nitrogens with zero attached hydrogens (tertiary/aromatic N) is 3. The van der Waals surface area contributed by atoms with Gasteiger partial charge in [0.05, 0.1) is 24.2 Å². The number of unbranched alkanes of at least 4 members (excludes halogenated alkanes) is 1. The molecule has 6 heteroatoms. The normalized spacial score (nSPS) is 11.7. The van der Waals surface area contributed by atoms with Crippen molar-refractivity contribution in [1.29, 1.82) is 0 Å². The zero-order valence-corrected chi connectivity index (χ0v) is 12.4. The van der Waals surface area contributed by atoms with Gasteiger partial charge in [-0.2, -0.15) is 0 Å². The van der Waals surface area contributed by atoms with Gasteiger partial charge in [0.2, 0.25) is 0 Å². The summed E-state index contributed by atoms with van der Waals surface area (Å²) in [7, 11) is 1.93. The molecule has 21 heavy (non-hydrogen) atoms. The molecule has 0 aliphatic carbocycles. The molecule has 0 bridgehead atoms. The van der Waals surface area contributed by atoms with Gasteiger partial charge in [-0.15, -0.1) is 0 Å². The number of aromatic nitrogens is 2. The minimum absolute atomic E-state index is 0.110. The number of aryl methyl sites for hydroxylation is 1. The molecule has 5 nitrogen and oxygen atoms in total.